The van der Waals surface area contributed by atoms with E-state index in [1.165, 1.54) is 16.7 Å². The molecule has 1 fully saturated rings. The number of methoxy groups -OCH3 is 2. The summed E-state index contributed by atoms with van der Waals surface area (Å²) in [6, 6.07) is 13.0. The summed E-state index contributed by atoms with van der Waals surface area (Å²) in [7, 11) is 3.13. The zero-order valence-electron chi connectivity index (χ0n) is 16.9. The van der Waals surface area contributed by atoms with Gasteiger partial charge in [-0.3, -0.25) is 14.5 Å². The van der Waals surface area contributed by atoms with Gasteiger partial charge in [0.15, 0.2) is 11.5 Å². The number of carbonyl (C=O) groups is 2. The van der Waals surface area contributed by atoms with Crippen molar-refractivity contribution >= 4 is 51.9 Å². The Kier molecular flexibility index (Phi) is 7.12. The Bertz CT molecular complexity index is 1000. The number of nitrogens with one attached hydrogen (secondary N) is 1. The van der Waals surface area contributed by atoms with Crippen LogP contribution in [0.4, 0.5) is 5.69 Å². The lowest BCUT2D eigenvalue weighted by atomic mass is 10.2. The number of nitrogens with zero attached hydrogens (tertiary/aromatic N) is 1. The Hall–Kier alpha value is -2.84. The highest BCUT2D eigenvalue weighted by atomic mass is 32.2. The molecule has 0 aliphatic carbocycles. The van der Waals surface area contributed by atoms with Crippen LogP contribution >= 0.6 is 24.0 Å². The van der Waals surface area contributed by atoms with Crippen molar-refractivity contribution in [1.82, 2.24) is 4.90 Å². The van der Waals surface area contributed by atoms with E-state index >= 15 is 0 Å². The van der Waals surface area contributed by atoms with Crippen LogP contribution in [0.3, 0.4) is 0 Å². The Morgan fingerprint density at radius 1 is 1.13 bits per heavy atom. The predicted octanol–water partition coefficient (Wildman–Crippen LogP) is 4.24. The smallest absolute Gasteiger partial charge is 0.266 e. The Balaban J connectivity index is 1.63. The lowest BCUT2D eigenvalue weighted by molar-refractivity contribution is -0.122. The molecule has 0 spiro atoms. The molecule has 0 radical (unpaired) electrons. The molecule has 0 aromatic heterocycles. The summed E-state index contributed by atoms with van der Waals surface area (Å²) < 4.78 is 11.0. The van der Waals surface area contributed by atoms with Crippen molar-refractivity contribution in [3.8, 4) is 11.5 Å². The largest absolute Gasteiger partial charge is 0.493 e. The number of rotatable bonds is 7. The highest BCUT2D eigenvalue weighted by Crippen LogP contribution is 2.34. The lowest BCUT2D eigenvalue weighted by Crippen LogP contribution is -2.31. The number of anilines is 1. The third-order valence-corrected chi connectivity index (χ3v) is 5.85. The van der Waals surface area contributed by atoms with E-state index in [0.29, 0.717) is 20.7 Å². The third kappa shape index (κ3) is 5.20. The molecule has 1 aliphatic rings. The van der Waals surface area contributed by atoms with Gasteiger partial charge in [0.25, 0.3) is 5.91 Å². The number of thioether (sulfide) groups is 1. The zero-order valence-corrected chi connectivity index (χ0v) is 18.6. The van der Waals surface area contributed by atoms with E-state index in [1.807, 2.05) is 37.3 Å². The Morgan fingerprint density at radius 3 is 2.50 bits per heavy atom. The van der Waals surface area contributed by atoms with Crippen LogP contribution in [0, 0.1) is 6.92 Å². The van der Waals surface area contributed by atoms with Crippen LogP contribution in [-0.4, -0.2) is 41.8 Å². The minimum absolute atomic E-state index is 0.157. The number of thiocarbonyl (C=S) groups is 1. The molecule has 156 valence electrons. The first kappa shape index (κ1) is 21.9. The first-order chi connectivity index (χ1) is 14.4. The predicted molar refractivity (Wildman–Crippen MR) is 124 cm³/mol. The van der Waals surface area contributed by atoms with Gasteiger partial charge in [-0.25, -0.2) is 0 Å². The first-order valence-corrected chi connectivity index (χ1v) is 10.5. The van der Waals surface area contributed by atoms with E-state index in [2.05, 4.69) is 5.32 Å². The molecule has 0 bridgehead atoms. The van der Waals surface area contributed by atoms with E-state index in [-0.39, 0.29) is 24.8 Å². The SMILES string of the molecule is COc1ccc(C=C2SC(=S)N(CCC(=O)Nc3ccc(C)cc3)C2=O)cc1OC. The van der Waals surface area contributed by atoms with E-state index in [9.17, 15) is 9.59 Å². The number of benzene rings is 2. The van der Waals surface area contributed by atoms with Crippen molar-refractivity contribution in [2.45, 2.75) is 13.3 Å². The van der Waals surface area contributed by atoms with Crippen LogP contribution in [0.25, 0.3) is 6.08 Å². The molecule has 6 nitrogen and oxygen atoms in total. The summed E-state index contributed by atoms with van der Waals surface area (Å²) in [6.45, 7) is 2.21. The van der Waals surface area contributed by atoms with Crippen molar-refractivity contribution in [2.75, 3.05) is 26.1 Å². The second kappa shape index (κ2) is 9.77. The fourth-order valence-electron chi connectivity index (χ4n) is 2.86. The Labute approximate surface area is 185 Å². The number of carbonyl (C=O) groups excluding carboxylic acids is 2. The summed E-state index contributed by atoms with van der Waals surface area (Å²) in [4.78, 5) is 27.0. The van der Waals surface area contributed by atoms with Crippen molar-refractivity contribution in [3.05, 3.63) is 58.5 Å². The van der Waals surface area contributed by atoms with Crippen molar-refractivity contribution < 1.29 is 19.1 Å². The molecule has 8 heteroatoms. The topological polar surface area (TPSA) is 67.9 Å². The number of hydrogen-bond acceptors (Lipinski definition) is 6. The maximum absolute atomic E-state index is 12.8. The third-order valence-electron chi connectivity index (χ3n) is 4.48. The molecule has 1 aliphatic heterocycles. The van der Waals surface area contributed by atoms with E-state index in [0.717, 1.165) is 16.8 Å². The number of amides is 2. The Morgan fingerprint density at radius 2 is 1.83 bits per heavy atom. The quantitative estimate of drug-likeness (QED) is 0.511. The van der Waals surface area contributed by atoms with E-state index in [1.54, 1.807) is 32.4 Å². The van der Waals surface area contributed by atoms with Gasteiger partial charge in [-0.05, 0) is 42.8 Å². The highest BCUT2D eigenvalue weighted by molar-refractivity contribution is 8.26. The zero-order chi connectivity index (χ0) is 21.7. The number of hydrogen-bond donors (Lipinski definition) is 1. The second-order valence-corrected chi connectivity index (χ2v) is 8.29. The summed E-state index contributed by atoms with van der Waals surface area (Å²) in [5.41, 5.74) is 2.64. The molecule has 0 saturated carbocycles. The number of ether oxygens (including phenoxy) is 2. The summed E-state index contributed by atoms with van der Waals surface area (Å²) >= 11 is 6.57. The molecule has 2 amide bonds. The van der Waals surface area contributed by atoms with Gasteiger partial charge in [-0.1, -0.05) is 47.7 Å². The molecule has 0 atom stereocenters. The van der Waals surface area contributed by atoms with Gasteiger partial charge >= 0.3 is 0 Å². The van der Waals surface area contributed by atoms with Gasteiger partial charge in [0.1, 0.15) is 4.32 Å². The van der Waals surface area contributed by atoms with E-state index < -0.39 is 0 Å². The standard InChI is InChI=1S/C22H22N2O4S2/c1-14-4-7-16(8-5-14)23-20(25)10-11-24-21(26)19(30-22(24)29)13-15-6-9-17(27-2)18(12-15)28-3/h4-9,12-13H,10-11H2,1-3H3,(H,23,25). The maximum Gasteiger partial charge on any atom is 0.266 e. The van der Waals surface area contributed by atoms with Gasteiger partial charge < -0.3 is 14.8 Å². The molecule has 30 heavy (non-hydrogen) atoms. The van der Waals surface area contributed by atoms with Crippen molar-refractivity contribution in [2.24, 2.45) is 0 Å². The average Bonchev–Trinajstić information content (AvgIpc) is 3.00. The summed E-state index contributed by atoms with van der Waals surface area (Å²) in [5, 5.41) is 2.83. The first-order valence-electron chi connectivity index (χ1n) is 9.25. The average molecular weight is 443 g/mol. The van der Waals surface area contributed by atoms with Crippen LogP contribution in [0.5, 0.6) is 11.5 Å². The fraction of sp³-hybridized carbons (Fsp3) is 0.227. The lowest BCUT2D eigenvalue weighted by Gasteiger charge is -2.14. The van der Waals surface area contributed by atoms with E-state index in [4.69, 9.17) is 21.7 Å². The van der Waals surface area contributed by atoms with Crippen LogP contribution in [0.15, 0.2) is 47.4 Å². The molecule has 1 heterocycles. The molecular weight excluding hydrogens is 420 g/mol. The van der Waals surface area contributed by atoms with Crippen molar-refractivity contribution in [1.29, 1.82) is 0 Å². The normalized spacial score (nSPS) is 14.9. The molecular formula is C22H22N2O4S2. The van der Waals surface area contributed by atoms with Crippen LogP contribution < -0.4 is 14.8 Å². The highest BCUT2D eigenvalue weighted by Gasteiger charge is 2.32. The summed E-state index contributed by atoms with van der Waals surface area (Å²) in [6.07, 6.45) is 1.91. The fourth-order valence-corrected chi connectivity index (χ4v) is 4.17. The van der Waals surface area contributed by atoms with Gasteiger partial charge in [0, 0.05) is 18.7 Å². The molecule has 1 N–H and O–H groups in total. The minimum Gasteiger partial charge on any atom is -0.493 e. The van der Waals surface area contributed by atoms with Crippen LogP contribution in [-0.2, 0) is 9.59 Å². The molecule has 2 aromatic rings. The van der Waals surface area contributed by atoms with Gasteiger partial charge in [0.05, 0.1) is 19.1 Å². The van der Waals surface area contributed by atoms with Crippen LogP contribution in [0.1, 0.15) is 17.5 Å². The second-order valence-electron chi connectivity index (χ2n) is 6.61. The van der Waals surface area contributed by atoms with Gasteiger partial charge in [-0.15, -0.1) is 0 Å². The molecule has 3 rings (SSSR count). The molecule has 0 unspecified atom stereocenters. The summed E-state index contributed by atoms with van der Waals surface area (Å²) in [5.74, 6) is 0.816. The maximum atomic E-state index is 12.8. The molecule has 2 aromatic carbocycles. The minimum atomic E-state index is -0.206. The van der Waals surface area contributed by atoms with Crippen molar-refractivity contribution in [3.63, 3.8) is 0 Å². The number of aryl methyl sites for hydroxylation is 1. The molecule has 1 saturated heterocycles. The van der Waals surface area contributed by atoms with Gasteiger partial charge in [-0.2, -0.15) is 0 Å². The van der Waals surface area contributed by atoms with Crippen LogP contribution in [0.2, 0.25) is 0 Å². The monoisotopic (exact) mass is 442 g/mol. The van der Waals surface area contributed by atoms with Gasteiger partial charge in [0.2, 0.25) is 5.91 Å².